The molecule has 5 rings (SSSR count). The zero-order chi connectivity index (χ0) is 17.4. The van der Waals surface area contributed by atoms with Crippen LogP contribution in [0, 0.1) is 29.1 Å². The summed E-state index contributed by atoms with van der Waals surface area (Å²) >= 11 is 0. The predicted octanol–water partition coefficient (Wildman–Crippen LogP) is 3.36. The average molecular weight is 347 g/mol. The molecule has 25 heavy (non-hydrogen) atoms. The predicted molar refractivity (Wildman–Crippen MR) is 97.8 cm³/mol. The fourth-order valence-electron chi connectivity index (χ4n) is 6.81. The number of nitrogens with one attached hydrogen (secondary N) is 1. The largest absolute Gasteiger partial charge is 0.356 e. The van der Waals surface area contributed by atoms with E-state index in [-0.39, 0.29) is 11.8 Å². The lowest BCUT2D eigenvalue weighted by Gasteiger charge is -2.56. The molecular formula is C21H34N2O2. The standard InChI is InChI=1S/C21H34N2O2/c1-15(24)23-5-2-3-16(4-6-23)10-20(25)22-14-21-11-17-7-18(12-21)9-19(8-17)13-21/h16-19H,2-14H2,1H3,(H,22,25). The maximum absolute atomic E-state index is 12.5. The highest BCUT2D eigenvalue weighted by atomic mass is 16.2. The minimum absolute atomic E-state index is 0.173. The first-order valence-corrected chi connectivity index (χ1v) is 10.5. The molecule has 4 nitrogen and oxygen atoms in total. The van der Waals surface area contributed by atoms with Gasteiger partial charge in [0.2, 0.25) is 11.8 Å². The van der Waals surface area contributed by atoms with Crippen molar-refractivity contribution in [2.45, 2.75) is 71.1 Å². The fourth-order valence-corrected chi connectivity index (χ4v) is 6.81. The number of carbonyl (C=O) groups excluding carboxylic acids is 2. The molecular weight excluding hydrogens is 312 g/mol. The van der Waals surface area contributed by atoms with Gasteiger partial charge in [0, 0.05) is 33.0 Å². The zero-order valence-electron chi connectivity index (χ0n) is 15.8. The van der Waals surface area contributed by atoms with Crippen molar-refractivity contribution in [3.05, 3.63) is 0 Å². The second-order valence-electron chi connectivity index (χ2n) is 9.70. The van der Waals surface area contributed by atoms with Gasteiger partial charge >= 0.3 is 0 Å². The number of likely N-dealkylation sites (tertiary alicyclic amines) is 1. The topological polar surface area (TPSA) is 49.4 Å². The first-order chi connectivity index (χ1) is 12.0. The van der Waals surface area contributed by atoms with E-state index >= 15 is 0 Å². The van der Waals surface area contributed by atoms with Crippen molar-refractivity contribution < 1.29 is 9.59 Å². The van der Waals surface area contributed by atoms with Gasteiger partial charge in [-0.2, -0.15) is 0 Å². The van der Waals surface area contributed by atoms with E-state index in [1.165, 1.54) is 38.5 Å². The summed E-state index contributed by atoms with van der Waals surface area (Å²) in [4.78, 5) is 26.0. The number of hydrogen-bond acceptors (Lipinski definition) is 2. The lowest BCUT2D eigenvalue weighted by molar-refractivity contribution is -0.128. The third-order valence-electron chi connectivity index (χ3n) is 7.59. The summed E-state index contributed by atoms with van der Waals surface area (Å²) in [7, 11) is 0. The van der Waals surface area contributed by atoms with Gasteiger partial charge in [0.1, 0.15) is 0 Å². The number of carbonyl (C=O) groups is 2. The Bertz CT molecular complexity index is 495. The van der Waals surface area contributed by atoms with Crippen molar-refractivity contribution >= 4 is 11.8 Å². The van der Waals surface area contributed by atoms with Crippen LogP contribution in [0.15, 0.2) is 0 Å². The van der Waals surface area contributed by atoms with Gasteiger partial charge in [-0.1, -0.05) is 0 Å². The van der Waals surface area contributed by atoms with Crippen LogP contribution in [0.4, 0.5) is 0 Å². The molecule has 5 aliphatic rings. The molecule has 0 aromatic carbocycles. The summed E-state index contributed by atoms with van der Waals surface area (Å²) in [6, 6.07) is 0. The highest BCUT2D eigenvalue weighted by Gasteiger charge is 2.50. The van der Waals surface area contributed by atoms with Crippen molar-refractivity contribution in [1.82, 2.24) is 10.2 Å². The third-order valence-corrected chi connectivity index (χ3v) is 7.59. The van der Waals surface area contributed by atoms with Gasteiger partial charge in [0.25, 0.3) is 0 Å². The van der Waals surface area contributed by atoms with E-state index in [2.05, 4.69) is 5.32 Å². The Balaban J connectivity index is 1.25. The van der Waals surface area contributed by atoms with Gasteiger partial charge < -0.3 is 10.2 Å². The first-order valence-electron chi connectivity index (χ1n) is 10.5. The van der Waals surface area contributed by atoms with E-state index < -0.39 is 0 Å². The maximum Gasteiger partial charge on any atom is 0.220 e. The number of amides is 2. The molecule has 4 bridgehead atoms. The van der Waals surface area contributed by atoms with Crippen LogP contribution in [0.2, 0.25) is 0 Å². The van der Waals surface area contributed by atoms with E-state index in [1.807, 2.05) is 4.90 Å². The zero-order valence-corrected chi connectivity index (χ0v) is 15.8. The molecule has 4 aliphatic carbocycles. The molecule has 5 fully saturated rings. The summed E-state index contributed by atoms with van der Waals surface area (Å²) < 4.78 is 0. The fraction of sp³-hybridized carbons (Fsp3) is 0.905. The van der Waals surface area contributed by atoms with Gasteiger partial charge in [-0.25, -0.2) is 0 Å². The van der Waals surface area contributed by atoms with Crippen LogP contribution in [0.5, 0.6) is 0 Å². The molecule has 0 spiro atoms. The van der Waals surface area contributed by atoms with Crippen LogP contribution in [0.1, 0.15) is 71.1 Å². The molecule has 1 atom stereocenters. The van der Waals surface area contributed by atoms with Crippen LogP contribution < -0.4 is 5.32 Å². The summed E-state index contributed by atoms with van der Waals surface area (Å²) in [5.74, 6) is 3.71. The van der Waals surface area contributed by atoms with Crippen molar-refractivity contribution in [2.75, 3.05) is 19.6 Å². The summed E-state index contributed by atoms with van der Waals surface area (Å²) in [6.45, 7) is 4.25. The van der Waals surface area contributed by atoms with E-state index in [0.29, 0.717) is 17.8 Å². The monoisotopic (exact) mass is 346 g/mol. The van der Waals surface area contributed by atoms with Gasteiger partial charge in [-0.3, -0.25) is 9.59 Å². The summed E-state index contributed by atoms with van der Waals surface area (Å²) in [6.07, 6.45) is 12.2. The molecule has 140 valence electrons. The van der Waals surface area contributed by atoms with Crippen molar-refractivity contribution in [3.8, 4) is 0 Å². The molecule has 1 aliphatic heterocycles. The van der Waals surface area contributed by atoms with Crippen LogP contribution >= 0.6 is 0 Å². The number of nitrogens with zero attached hydrogens (tertiary/aromatic N) is 1. The molecule has 1 unspecified atom stereocenters. The lowest BCUT2D eigenvalue weighted by Crippen LogP contribution is -2.51. The third kappa shape index (κ3) is 3.88. The Kier molecular flexibility index (Phi) is 4.81. The molecule has 1 heterocycles. The molecule has 4 saturated carbocycles. The normalized spacial score (nSPS) is 40.0. The number of rotatable bonds is 4. The second-order valence-corrected chi connectivity index (χ2v) is 9.70. The Labute approximate surface area is 152 Å². The van der Waals surface area contributed by atoms with E-state index in [1.54, 1.807) is 6.92 Å². The smallest absolute Gasteiger partial charge is 0.220 e. The van der Waals surface area contributed by atoms with E-state index in [4.69, 9.17) is 0 Å². The van der Waals surface area contributed by atoms with Gasteiger partial charge in [-0.15, -0.1) is 0 Å². The molecule has 0 radical (unpaired) electrons. The summed E-state index contributed by atoms with van der Waals surface area (Å²) in [5, 5.41) is 3.32. The molecule has 4 heteroatoms. The Morgan fingerprint density at radius 3 is 2.24 bits per heavy atom. The molecule has 0 aromatic rings. The molecule has 1 N–H and O–H groups in total. The Morgan fingerprint density at radius 1 is 1.00 bits per heavy atom. The minimum Gasteiger partial charge on any atom is -0.356 e. The molecule has 1 saturated heterocycles. The van der Waals surface area contributed by atoms with Crippen molar-refractivity contribution in [3.63, 3.8) is 0 Å². The lowest BCUT2D eigenvalue weighted by atomic mass is 9.49. The van der Waals surface area contributed by atoms with E-state index in [0.717, 1.165) is 56.7 Å². The highest BCUT2D eigenvalue weighted by molar-refractivity contribution is 5.76. The van der Waals surface area contributed by atoms with Crippen molar-refractivity contribution in [2.24, 2.45) is 29.1 Å². The van der Waals surface area contributed by atoms with Crippen LogP contribution in [-0.4, -0.2) is 36.3 Å². The van der Waals surface area contributed by atoms with Crippen molar-refractivity contribution in [1.29, 1.82) is 0 Å². The van der Waals surface area contributed by atoms with Crippen LogP contribution in [0.25, 0.3) is 0 Å². The van der Waals surface area contributed by atoms with Crippen LogP contribution in [-0.2, 0) is 9.59 Å². The first kappa shape index (κ1) is 17.4. The van der Waals surface area contributed by atoms with Gasteiger partial charge in [0.15, 0.2) is 0 Å². The Morgan fingerprint density at radius 2 is 1.64 bits per heavy atom. The average Bonchev–Trinajstić information content (AvgIpc) is 2.77. The highest BCUT2D eigenvalue weighted by Crippen LogP contribution is 2.59. The minimum atomic E-state index is 0.173. The number of hydrogen-bond donors (Lipinski definition) is 1. The maximum atomic E-state index is 12.5. The quantitative estimate of drug-likeness (QED) is 0.848. The van der Waals surface area contributed by atoms with E-state index in [9.17, 15) is 9.59 Å². The second kappa shape index (κ2) is 6.92. The molecule has 2 amide bonds. The van der Waals surface area contributed by atoms with Gasteiger partial charge in [-0.05, 0) is 86.9 Å². The Hall–Kier alpha value is -1.06. The summed E-state index contributed by atoms with van der Waals surface area (Å²) in [5.41, 5.74) is 0.430. The molecule has 0 aromatic heterocycles. The van der Waals surface area contributed by atoms with Gasteiger partial charge in [0.05, 0.1) is 0 Å². The SMILES string of the molecule is CC(=O)N1CCCC(CC(=O)NCC23CC4CC(CC(C4)C2)C3)CC1. The van der Waals surface area contributed by atoms with Crippen LogP contribution in [0.3, 0.4) is 0 Å².